The molecule has 0 atom stereocenters. The normalized spacial score (nSPS) is 9.40. The van der Waals surface area contributed by atoms with Crippen molar-refractivity contribution >= 4 is 21.9 Å². The molecule has 0 saturated carbocycles. The quantitative estimate of drug-likeness (QED) is 0.620. The van der Waals surface area contributed by atoms with Crippen molar-refractivity contribution in [3.63, 3.8) is 0 Å². The number of rotatable bonds is 3. The molecule has 0 aromatic carbocycles. The van der Waals surface area contributed by atoms with E-state index in [2.05, 4.69) is 20.9 Å². The second kappa shape index (κ2) is 5.47. The molecule has 0 aliphatic heterocycles. The van der Waals surface area contributed by atoms with Crippen molar-refractivity contribution in [2.75, 3.05) is 6.61 Å². The number of nitrogens with zero attached hydrogens (tertiary/aromatic N) is 2. The Morgan fingerprint density at radius 2 is 2.47 bits per heavy atom. The van der Waals surface area contributed by atoms with E-state index in [9.17, 15) is 4.79 Å². The van der Waals surface area contributed by atoms with Gasteiger partial charge in [0.1, 0.15) is 4.60 Å². The zero-order valence-corrected chi connectivity index (χ0v) is 9.74. The monoisotopic (exact) mass is 268 g/mol. The smallest absolute Gasteiger partial charge is 0.310 e. The molecular weight excluding hydrogens is 260 g/mol. The van der Waals surface area contributed by atoms with Crippen molar-refractivity contribution in [1.29, 1.82) is 5.26 Å². The van der Waals surface area contributed by atoms with Crippen LogP contribution >= 0.6 is 15.9 Å². The summed E-state index contributed by atoms with van der Waals surface area (Å²) in [7, 11) is 0. The summed E-state index contributed by atoms with van der Waals surface area (Å²) in [5.41, 5.74) is 1.00. The van der Waals surface area contributed by atoms with E-state index in [-0.39, 0.29) is 12.4 Å². The van der Waals surface area contributed by atoms with Gasteiger partial charge in [0, 0.05) is 11.8 Å². The second-order valence-corrected chi connectivity index (χ2v) is 3.47. The van der Waals surface area contributed by atoms with Gasteiger partial charge in [-0.05, 0) is 28.9 Å². The first kappa shape index (κ1) is 11.7. The fourth-order valence-corrected chi connectivity index (χ4v) is 1.57. The van der Waals surface area contributed by atoms with Crippen molar-refractivity contribution in [3.05, 3.63) is 28.0 Å². The van der Waals surface area contributed by atoms with Crippen molar-refractivity contribution in [2.24, 2.45) is 0 Å². The molecule has 0 aliphatic carbocycles. The minimum absolute atomic E-state index is 0.0607. The number of esters is 1. The predicted octanol–water partition coefficient (Wildman–Crippen LogP) is 1.82. The van der Waals surface area contributed by atoms with Crippen LogP contribution in [-0.2, 0) is 16.0 Å². The number of carbonyl (C=O) groups excluding carboxylic acids is 1. The van der Waals surface area contributed by atoms with E-state index in [4.69, 9.17) is 10.00 Å². The first-order valence-electron chi connectivity index (χ1n) is 4.38. The van der Waals surface area contributed by atoms with Crippen LogP contribution in [0, 0.1) is 11.3 Å². The van der Waals surface area contributed by atoms with Gasteiger partial charge in [-0.25, -0.2) is 4.98 Å². The Morgan fingerprint density at radius 1 is 1.73 bits per heavy atom. The molecule has 1 aromatic rings. The van der Waals surface area contributed by atoms with Crippen LogP contribution in [0.25, 0.3) is 0 Å². The van der Waals surface area contributed by atoms with Gasteiger partial charge in [-0.1, -0.05) is 0 Å². The minimum atomic E-state index is -0.359. The molecule has 1 rings (SSSR count). The number of hydrogen-bond acceptors (Lipinski definition) is 4. The first-order chi connectivity index (χ1) is 7.19. The molecule has 0 unspecified atom stereocenters. The maximum atomic E-state index is 11.3. The van der Waals surface area contributed by atoms with Crippen LogP contribution in [0.15, 0.2) is 16.9 Å². The van der Waals surface area contributed by atoms with Gasteiger partial charge >= 0.3 is 5.97 Å². The highest BCUT2D eigenvalue weighted by Crippen LogP contribution is 2.18. The number of hydrogen-bond donors (Lipinski definition) is 0. The summed E-state index contributed by atoms with van der Waals surface area (Å²) < 4.78 is 5.31. The van der Waals surface area contributed by atoms with Crippen LogP contribution in [0.5, 0.6) is 0 Å². The van der Waals surface area contributed by atoms with Crippen molar-refractivity contribution in [3.8, 4) is 6.07 Å². The van der Waals surface area contributed by atoms with Crippen molar-refractivity contribution in [1.82, 2.24) is 4.98 Å². The summed E-state index contributed by atoms with van der Waals surface area (Å²) in [5, 5.41) is 8.83. The topological polar surface area (TPSA) is 63.0 Å². The highest BCUT2D eigenvalue weighted by Gasteiger charge is 2.12. The summed E-state index contributed by atoms with van der Waals surface area (Å²) in [4.78, 5) is 15.2. The summed E-state index contributed by atoms with van der Waals surface area (Å²) in [6.45, 7) is 2.07. The van der Waals surface area contributed by atoms with Gasteiger partial charge in [-0.2, -0.15) is 5.26 Å². The molecule has 0 spiro atoms. The highest BCUT2D eigenvalue weighted by atomic mass is 79.9. The maximum Gasteiger partial charge on any atom is 0.310 e. The molecule has 5 heteroatoms. The molecule has 15 heavy (non-hydrogen) atoms. The van der Waals surface area contributed by atoms with E-state index in [0.29, 0.717) is 22.3 Å². The molecule has 4 nitrogen and oxygen atoms in total. The Morgan fingerprint density at radius 3 is 3.07 bits per heavy atom. The van der Waals surface area contributed by atoms with E-state index in [1.807, 2.05) is 6.07 Å². The molecule has 0 fully saturated rings. The Bertz CT molecular complexity index is 412. The average Bonchev–Trinajstić information content (AvgIpc) is 2.21. The van der Waals surface area contributed by atoms with Gasteiger partial charge in [-0.15, -0.1) is 0 Å². The zero-order chi connectivity index (χ0) is 11.3. The molecule has 0 radical (unpaired) electrons. The van der Waals surface area contributed by atoms with Crippen LogP contribution < -0.4 is 0 Å². The number of halogens is 1. The summed E-state index contributed by atoms with van der Waals surface area (Å²) in [6.07, 6.45) is 1.57. The van der Waals surface area contributed by atoms with E-state index in [1.165, 1.54) is 6.20 Å². The van der Waals surface area contributed by atoms with Crippen molar-refractivity contribution in [2.45, 2.75) is 13.3 Å². The first-order valence-corrected chi connectivity index (χ1v) is 5.17. The molecule has 0 saturated heterocycles. The van der Waals surface area contributed by atoms with E-state index in [1.54, 1.807) is 13.0 Å². The zero-order valence-electron chi connectivity index (χ0n) is 8.16. The number of nitriles is 1. The maximum absolute atomic E-state index is 11.3. The van der Waals surface area contributed by atoms with Gasteiger partial charge in [0.15, 0.2) is 0 Å². The molecule has 0 bridgehead atoms. The van der Waals surface area contributed by atoms with Gasteiger partial charge < -0.3 is 4.74 Å². The van der Waals surface area contributed by atoms with Crippen LogP contribution in [0.4, 0.5) is 0 Å². The standard InChI is InChI=1S/C10H9BrN2O2/c1-2-15-9(14)5-8-7(6-12)3-4-13-10(8)11/h3-4H,2,5H2,1H3. The Labute approximate surface area is 96.0 Å². The molecular formula is C10H9BrN2O2. The van der Waals surface area contributed by atoms with E-state index < -0.39 is 0 Å². The van der Waals surface area contributed by atoms with Gasteiger partial charge in [0.2, 0.25) is 0 Å². The van der Waals surface area contributed by atoms with Crippen LogP contribution in [0.2, 0.25) is 0 Å². The third-order valence-electron chi connectivity index (χ3n) is 1.75. The largest absolute Gasteiger partial charge is 0.466 e. The van der Waals surface area contributed by atoms with Crippen LogP contribution in [-0.4, -0.2) is 17.6 Å². The Balaban J connectivity index is 2.94. The fraction of sp³-hybridized carbons (Fsp3) is 0.300. The number of ether oxygens (including phenoxy) is 1. The lowest BCUT2D eigenvalue weighted by molar-refractivity contribution is -0.142. The summed E-state index contributed by atoms with van der Waals surface area (Å²) in [6, 6.07) is 3.57. The molecule has 1 aromatic heterocycles. The molecule has 1 heterocycles. The summed E-state index contributed by atoms with van der Waals surface area (Å²) in [5.74, 6) is -0.359. The van der Waals surface area contributed by atoms with Gasteiger partial charge in [0.05, 0.1) is 24.7 Å². The number of carbonyl (C=O) groups is 1. The molecule has 0 amide bonds. The lowest BCUT2D eigenvalue weighted by Gasteiger charge is -2.05. The molecule has 78 valence electrons. The Kier molecular flexibility index (Phi) is 4.25. The third-order valence-corrected chi connectivity index (χ3v) is 2.43. The predicted molar refractivity (Wildman–Crippen MR) is 57.0 cm³/mol. The third kappa shape index (κ3) is 3.03. The highest BCUT2D eigenvalue weighted by molar-refractivity contribution is 9.10. The van der Waals surface area contributed by atoms with E-state index in [0.717, 1.165) is 0 Å². The van der Waals surface area contributed by atoms with Crippen LogP contribution in [0.1, 0.15) is 18.1 Å². The van der Waals surface area contributed by atoms with Gasteiger partial charge in [-0.3, -0.25) is 4.79 Å². The van der Waals surface area contributed by atoms with Crippen molar-refractivity contribution < 1.29 is 9.53 Å². The summed E-state index contributed by atoms with van der Waals surface area (Å²) >= 11 is 3.20. The van der Waals surface area contributed by atoms with E-state index >= 15 is 0 Å². The SMILES string of the molecule is CCOC(=O)Cc1c(C#N)ccnc1Br. The van der Waals surface area contributed by atoms with Gasteiger partial charge in [0.25, 0.3) is 0 Å². The molecule has 0 N–H and O–H groups in total. The average molecular weight is 269 g/mol. The second-order valence-electron chi connectivity index (χ2n) is 2.72. The lowest BCUT2D eigenvalue weighted by Crippen LogP contribution is -2.09. The fourth-order valence-electron chi connectivity index (χ4n) is 1.10. The minimum Gasteiger partial charge on any atom is -0.466 e. The van der Waals surface area contributed by atoms with Crippen LogP contribution in [0.3, 0.4) is 0 Å². The number of pyridine rings is 1. The number of aromatic nitrogens is 1. The Hall–Kier alpha value is -1.41. The molecule has 0 aliphatic rings. The lowest BCUT2D eigenvalue weighted by atomic mass is 10.1.